The van der Waals surface area contributed by atoms with Crippen LogP contribution in [0, 0.1) is 5.82 Å². The highest BCUT2D eigenvalue weighted by atomic mass is 35.5. The van der Waals surface area contributed by atoms with E-state index in [9.17, 15) is 18.8 Å². The van der Waals surface area contributed by atoms with Crippen molar-refractivity contribution in [3.05, 3.63) is 99.4 Å². The summed E-state index contributed by atoms with van der Waals surface area (Å²) in [4.78, 5) is 42.2. The van der Waals surface area contributed by atoms with Gasteiger partial charge in [0, 0.05) is 24.0 Å². The zero-order valence-corrected chi connectivity index (χ0v) is 15.3. The average Bonchev–Trinajstić information content (AvgIpc) is 2.70. The summed E-state index contributed by atoms with van der Waals surface area (Å²) in [5.74, 6) is -1.89. The number of hydrogen-bond donors (Lipinski definition) is 1. The zero-order chi connectivity index (χ0) is 20.1. The Bertz CT molecular complexity index is 1050. The number of aromatic nitrogens is 2. The van der Waals surface area contributed by atoms with Gasteiger partial charge in [0.05, 0.1) is 17.3 Å². The third-order valence-corrected chi connectivity index (χ3v) is 4.20. The molecule has 8 heteroatoms. The second kappa shape index (κ2) is 8.58. The number of amides is 1. The van der Waals surface area contributed by atoms with Crippen LogP contribution in [0.2, 0.25) is 5.02 Å². The van der Waals surface area contributed by atoms with Crippen LogP contribution in [0.1, 0.15) is 22.1 Å². The van der Waals surface area contributed by atoms with E-state index in [1.165, 1.54) is 30.5 Å². The van der Waals surface area contributed by atoms with Crippen molar-refractivity contribution in [2.75, 3.05) is 0 Å². The molecule has 3 aromatic rings. The van der Waals surface area contributed by atoms with Gasteiger partial charge in [0.15, 0.2) is 11.8 Å². The van der Waals surface area contributed by atoms with Gasteiger partial charge in [0.1, 0.15) is 5.82 Å². The van der Waals surface area contributed by atoms with Gasteiger partial charge in [-0.05, 0) is 42.5 Å². The van der Waals surface area contributed by atoms with E-state index in [1.54, 1.807) is 24.4 Å². The second-order valence-corrected chi connectivity index (χ2v) is 6.34. The Balaban J connectivity index is 1.95. The van der Waals surface area contributed by atoms with Crippen LogP contribution in [0.3, 0.4) is 0 Å². The fourth-order valence-corrected chi connectivity index (χ4v) is 2.77. The number of nitrogens with zero attached hydrogens (tertiary/aromatic N) is 2. The summed E-state index contributed by atoms with van der Waals surface area (Å²) in [6, 6.07) is 11.0. The summed E-state index contributed by atoms with van der Waals surface area (Å²) < 4.78 is 14.1. The summed E-state index contributed by atoms with van der Waals surface area (Å²) in [5, 5.41) is 2.80. The summed E-state index contributed by atoms with van der Waals surface area (Å²) in [6.45, 7) is 0.0716. The number of carbonyl (C=O) groups excluding carboxylic acids is 2. The maximum Gasteiger partial charge on any atom is 0.251 e. The van der Waals surface area contributed by atoms with Crippen molar-refractivity contribution in [2.45, 2.75) is 12.6 Å². The molecule has 0 aliphatic heterocycles. The molecule has 2 aromatic heterocycles. The van der Waals surface area contributed by atoms with Crippen LogP contribution < -0.4 is 10.9 Å². The van der Waals surface area contributed by atoms with Gasteiger partial charge in [0.25, 0.3) is 11.5 Å². The molecule has 3 rings (SSSR count). The Morgan fingerprint density at radius 3 is 2.54 bits per heavy atom. The van der Waals surface area contributed by atoms with E-state index in [0.717, 1.165) is 16.7 Å². The molecule has 1 atom stereocenters. The Morgan fingerprint density at radius 1 is 1.11 bits per heavy atom. The molecule has 0 spiro atoms. The minimum Gasteiger partial charge on any atom is -0.348 e. The molecule has 1 unspecified atom stereocenters. The number of rotatable bonds is 6. The van der Waals surface area contributed by atoms with Crippen LogP contribution in [-0.4, -0.2) is 21.2 Å². The third kappa shape index (κ3) is 4.50. The summed E-state index contributed by atoms with van der Waals surface area (Å²) >= 11 is 5.95. The first-order valence-corrected chi connectivity index (χ1v) is 8.68. The van der Waals surface area contributed by atoms with Crippen molar-refractivity contribution in [3.63, 3.8) is 0 Å². The molecular formula is C20H15ClFN3O3. The number of ketones is 1. The predicted octanol–water partition coefficient (Wildman–Crippen LogP) is 2.78. The Kier molecular flexibility index (Phi) is 5.96. The van der Waals surface area contributed by atoms with Crippen molar-refractivity contribution in [1.29, 1.82) is 0 Å². The van der Waals surface area contributed by atoms with E-state index < -0.39 is 29.1 Å². The first-order valence-electron chi connectivity index (χ1n) is 8.31. The standard InChI is InChI=1S/C20H15ClFN3O3/c21-14-6-9-17(26)25(12-14)18(19(27)13-4-7-15(22)8-5-13)20(28)24-11-16-3-1-2-10-23-16/h1-10,12,18H,11H2,(H,24,28). The summed E-state index contributed by atoms with van der Waals surface area (Å²) in [5.41, 5.74) is 0.103. The molecule has 0 saturated heterocycles. The van der Waals surface area contributed by atoms with Crippen molar-refractivity contribution in [3.8, 4) is 0 Å². The molecule has 0 aliphatic carbocycles. The maximum atomic E-state index is 13.2. The SMILES string of the molecule is O=C(NCc1ccccn1)C(C(=O)c1ccc(F)cc1)n1cc(Cl)ccc1=O. The maximum absolute atomic E-state index is 13.2. The lowest BCUT2D eigenvalue weighted by molar-refractivity contribution is -0.123. The first kappa shape index (κ1) is 19.4. The average molecular weight is 400 g/mol. The lowest BCUT2D eigenvalue weighted by Gasteiger charge is -2.18. The highest BCUT2D eigenvalue weighted by Crippen LogP contribution is 2.17. The highest BCUT2D eigenvalue weighted by molar-refractivity contribution is 6.30. The molecular weight excluding hydrogens is 385 g/mol. The first-order chi connectivity index (χ1) is 13.5. The molecule has 0 fully saturated rings. The van der Waals surface area contributed by atoms with Crippen LogP contribution in [-0.2, 0) is 11.3 Å². The van der Waals surface area contributed by atoms with Gasteiger partial charge in [-0.25, -0.2) is 4.39 Å². The van der Waals surface area contributed by atoms with E-state index >= 15 is 0 Å². The molecule has 0 bridgehead atoms. The van der Waals surface area contributed by atoms with Crippen molar-refractivity contribution < 1.29 is 14.0 Å². The van der Waals surface area contributed by atoms with Crippen LogP contribution in [0.4, 0.5) is 4.39 Å². The van der Waals surface area contributed by atoms with Gasteiger partial charge >= 0.3 is 0 Å². The van der Waals surface area contributed by atoms with Gasteiger partial charge in [-0.2, -0.15) is 0 Å². The number of hydrogen-bond acceptors (Lipinski definition) is 4. The van der Waals surface area contributed by atoms with Gasteiger partial charge in [-0.3, -0.25) is 23.9 Å². The Morgan fingerprint density at radius 2 is 1.86 bits per heavy atom. The van der Waals surface area contributed by atoms with Gasteiger partial charge in [-0.15, -0.1) is 0 Å². The predicted molar refractivity (Wildman–Crippen MR) is 102 cm³/mol. The monoisotopic (exact) mass is 399 g/mol. The lowest BCUT2D eigenvalue weighted by Crippen LogP contribution is -2.41. The number of carbonyl (C=O) groups is 2. The third-order valence-electron chi connectivity index (χ3n) is 3.98. The molecule has 2 heterocycles. The minimum atomic E-state index is -1.50. The summed E-state index contributed by atoms with van der Waals surface area (Å²) in [7, 11) is 0. The summed E-state index contributed by atoms with van der Waals surface area (Å²) in [6.07, 6.45) is 2.79. The largest absolute Gasteiger partial charge is 0.348 e. The van der Waals surface area contributed by atoms with Crippen molar-refractivity contribution >= 4 is 23.3 Å². The van der Waals surface area contributed by atoms with Crippen LogP contribution >= 0.6 is 11.6 Å². The molecule has 1 amide bonds. The molecule has 0 radical (unpaired) electrons. The molecule has 1 aromatic carbocycles. The quantitative estimate of drug-likeness (QED) is 0.510. The molecule has 1 N–H and O–H groups in total. The highest BCUT2D eigenvalue weighted by Gasteiger charge is 2.30. The van der Waals surface area contributed by atoms with E-state index in [0.29, 0.717) is 5.69 Å². The molecule has 6 nitrogen and oxygen atoms in total. The zero-order valence-electron chi connectivity index (χ0n) is 14.5. The number of Topliss-reactive ketones (excluding diaryl/α,β-unsaturated/α-hetero) is 1. The Labute approximate surface area is 164 Å². The van der Waals surface area contributed by atoms with Gasteiger partial charge in [-0.1, -0.05) is 17.7 Å². The van der Waals surface area contributed by atoms with Gasteiger partial charge < -0.3 is 5.32 Å². The normalized spacial score (nSPS) is 11.6. The number of halogens is 2. The number of nitrogens with one attached hydrogen (secondary N) is 1. The molecule has 142 valence electrons. The van der Waals surface area contributed by atoms with E-state index in [4.69, 9.17) is 11.6 Å². The topological polar surface area (TPSA) is 81.1 Å². The van der Waals surface area contributed by atoms with Crippen LogP contribution in [0.5, 0.6) is 0 Å². The second-order valence-electron chi connectivity index (χ2n) is 5.91. The number of pyridine rings is 2. The van der Waals surface area contributed by atoms with Crippen LogP contribution in [0.15, 0.2) is 71.8 Å². The smallest absolute Gasteiger partial charge is 0.251 e. The van der Waals surface area contributed by atoms with E-state index in [-0.39, 0.29) is 17.1 Å². The van der Waals surface area contributed by atoms with Crippen molar-refractivity contribution in [1.82, 2.24) is 14.9 Å². The van der Waals surface area contributed by atoms with E-state index in [2.05, 4.69) is 10.3 Å². The van der Waals surface area contributed by atoms with Gasteiger partial charge in [0.2, 0.25) is 0 Å². The Hall–Kier alpha value is -3.32. The lowest BCUT2D eigenvalue weighted by atomic mass is 10.0. The molecule has 0 aliphatic rings. The fraction of sp³-hybridized carbons (Fsp3) is 0.100. The molecule has 28 heavy (non-hydrogen) atoms. The van der Waals surface area contributed by atoms with Crippen molar-refractivity contribution in [2.24, 2.45) is 0 Å². The fourth-order valence-electron chi connectivity index (χ4n) is 2.60. The minimum absolute atomic E-state index is 0.0716. The van der Waals surface area contributed by atoms with Crippen LogP contribution in [0.25, 0.3) is 0 Å². The molecule has 0 saturated carbocycles. The number of benzene rings is 1. The van der Waals surface area contributed by atoms with E-state index in [1.807, 2.05) is 0 Å².